The maximum Gasteiger partial charge on any atom is 0.150 e. The fraction of sp³-hybridized carbons (Fsp3) is 0.682. The highest BCUT2D eigenvalue weighted by Crippen LogP contribution is 2.10. The molecule has 160 valence electrons. The molecular formula is C22H36O6. The van der Waals surface area contributed by atoms with Crippen molar-refractivity contribution in [2.45, 2.75) is 39.0 Å². The minimum Gasteiger partial charge on any atom is -0.491 e. The molecule has 0 heterocycles. The quantitative estimate of drug-likeness (QED) is 0.246. The average molecular weight is 397 g/mol. The standard InChI is InChI=1S/C22H36O6/c1-2-3-4-5-6-11-24-12-13-25-14-15-26-16-17-27-18-19-28-22-9-7-21(20-23)8-10-22/h7-10,20H,2-6,11-19H2,1H3. The van der Waals surface area contributed by atoms with Crippen molar-refractivity contribution in [2.75, 3.05) is 59.5 Å². The summed E-state index contributed by atoms with van der Waals surface area (Å²) in [5.74, 6) is 0.725. The predicted molar refractivity (Wildman–Crippen MR) is 109 cm³/mol. The molecule has 6 heteroatoms. The van der Waals surface area contributed by atoms with Gasteiger partial charge in [-0.25, -0.2) is 0 Å². The number of carbonyl (C=O) groups is 1. The van der Waals surface area contributed by atoms with Crippen LogP contribution in [0.2, 0.25) is 0 Å². The van der Waals surface area contributed by atoms with Gasteiger partial charge in [0.1, 0.15) is 18.6 Å². The number of aldehydes is 1. The molecule has 0 amide bonds. The lowest BCUT2D eigenvalue weighted by Gasteiger charge is -2.08. The van der Waals surface area contributed by atoms with Crippen LogP contribution in [0, 0.1) is 0 Å². The van der Waals surface area contributed by atoms with Gasteiger partial charge in [-0.2, -0.15) is 0 Å². The van der Waals surface area contributed by atoms with Crippen LogP contribution < -0.4 is 4.74 Å². The number of ether oxygens (including phenoxy) is 5. The van der Waals surface area contributed by atoms with Gasteiger partial charge < -0.3 is 23.7 Å². The first kappa shape index (κ1) is 24.6. The Morgan fingerprint density at radius 3 is 1.68 bits per heavy atom. The van der Waals surface area contributed by atoms with Crippen LogP contribution in [-0.4, -0.2) is 65.7 Å². The summed E-state index contributed by atoms with van der Waals surface area (Å²) in [6.45, 7) is 7.44. The Kier molecular flexibility index (Phi) is 16.6. The molecule has 0 aliphatic carbocycles. The van der Waals surface area contributed by atoms with Crippen LogP contribution in [0.5, 0.6) is 5.75 Å². The van der Waals surface area contributed by atoms with E-state index in [-0.39, 0.29) is 0 Å². The lowest BCUT2D eigenvalue weighted by atomic mass is 10.2. The van der Waals surface area contributed by atoms with Gasteiger partial charge in [-0.3, -0.25) is 4.79 Å². The van der Waals surface area contributed by atoms with Gasteiger partial charge >= 0.3 is 0 Å². The summed E-state index contributed by atoms with van der Waals surface area (Å²) in [5, 5.41) is 0. The zero-order valence-electron chi connectivity index (χ0n) is 17.2. The minimum absolute atomic E-state index is 0.460. The smallest absolute Gasteiger partial charge is 0.150 e. The van der Waals surface area contributed by atoms with Crippen molar-refractivity contribution >= 4 is 6.29 Å². The summed E-state index contributed by atoms with van der Waals surface area (Å²) >= 11 is 0. The Balaban J connectivity index is 1.74. The summed E-state index contributed by atoms with van der Waals surface area (Å²) in [6, 6.07) is 6.98. The second-order valence-electron chi connectivity index (χ2n) is 6.40. The van der Waals surface area contributed by atoms with Gasteiger partial charge in [0.15, 0.2) is 0 Å². The second kappa shape index (κ2) is 18.9. The van der Waals surface area contributed by atoms with E-state index in [1.807, 2.05) is 0 Å². The fourth-order valence-corrected chi connectivity index (χ4v) is 2.43. The fourth-order valence-electron chi connectivity index (χ4n) is 2.43. The summed E-state index contributed by atoms with van der Waals surface area (Å²) < 4.78 is 27.4. The third-order valence-corrected chi connectivity index (χ3v) is 4.02. The molecule has 0 saturated heterocycles. The first-order valence-corrected chi connectivity index (χ1v) is 10.4. The molecule has 0 bridgehead atoms. The molecule has 0 atom stereocenters. The Hall–Kier alpha value is -1.47. The highest BCUT2D eigenvalue weighted by Gasteiger charge is 1.96. The van der Waals surface area contributed by atoms with E-state index in [0.717, 1.165) is 25.1 Å². The van der Waals surface area contributed by atoms with Crippen LogP contribution in [0.3, 0.4) is 0 Å². The van der Waals surface area contributed by atoms with Gasteiger partial charge in [0.05, 0.1) is 46.2 Å². The molecule has 1 aromatic rings. The van der Waals surface area contributed by atoms with Gasteiger partial charge in [0.2, 0.25) is 0 Å². The third kappa shape index (κ3) is 14.6. The molecule has 0 spiro atoms. The van der Waals surface area contributed by atoms with Crippen molar-refractivity contribution in [3.8, 4) is 5.75 Å². The van der Waals surface area contributed by atoms with Crippen molar-refractivity contribution in [1.82, 2.24) is 0 Å². The average Bonchev–Trinajstić information content (AvgIpc) is 2.73. The molecule has 0 unspecified atom stereocenters. The van der Waals surface area contributed by atoms with E-state index in [2.05, 4.69) is 6.92 Å². The Labute approximate surface area is 169 Å². The Morgan fingerprint density at radius 2 is 1.14 bits per heavy atom. The summed E-state index contributed by atoms with van der Waals surface area (Å²) in [4.78, 5) is 10.6. The monoisotopic (exact) mass is 396 g/mol. The molecule has 0 N–H and O–H groups in total. The van der Waals surface area contributed by atoms with Gasteiger partial charge in [0, 0.05) is 12.2 Å². The highest BCUT2D eigenvalue weighted by molar-refractivity contribution is 5.74. The summed E-state index contributed by atoms with van der Waals surface area (Å²) in [7, 11) is 0. The largest absolute Gasteiger partial charge is 0.491 e. The molecule has 1 rings (SSSR count). The molecule has 0 saturated carbocycles. The van der Waals surface area contributed by atoms with E-state index >= 15 is 0 Å². The van der Waals surface area contributed by atoms with Gasteiger partial charge in [-0.05, 0) is 30.7 Å². The molecule has 0 aliphatic heterocycles. The molecule has 0 aromatic heterocycles. The zero-order valence-corrected chi connectivity index (χ0v) is 17.2. The third-order valence-electron chi connectivity index (χ3n) is 4.02. The molecule has 6 nitrogen and oxygen atoms in total. The molecule has 0 radical (unpaired) electrons. The van der Waals surface area contributed by atoms with E-state index in [0.29, 0.717) is 58.4 Å². The maximum atomic E-state index is 10.6. The number of rotatable bonds is 20. The minimum atomic E-state index is 0.460. The van der Waals surface area contributed by atoms with Crippen LogP contribution >= 0.6 is 0 Å². The first-order valence-electron chi connectivity index (χ1n) is 10.4. The van der Waals surface area contributed by atoms with Crippen LogP contribution in [0.1, 0.15) is 49.4 Å². The molecule has 1 aromatic carbocycles. The second-order valence-corrected chi connectivity index (χ2v) is 6.40. The van der Waals surface area contributed by atoms with Crippen LogP contribution in [0.15, 0.2) is 24.3 Å². The number of hydrogen-bond acceptors (Lipinski definition) is 6. The van der Waals surface area contributed by atoms with Gasteiger partial charge in [0.25, 0.3) is 0 Å². The lowest BCUT2D eigenvalue weighted by Crippen LogP contribution is -2.13. The number of carbonyl (C=O) groups excluding carboxylic acids is 1. The van der Waals surface area contributed by atoms with Crippen molar-refractivity contribution < 1.29 is 28.5 Å². The van der Waals surface area contributed by atoms with Crippen molar-refractivity contribution in [3.05, 3.63) is 29.8 Å². The summed E-state index contributed by atoms with van der Waals surface area (Å²) in [6.07, 6.45) is 7.10. The maximum absolute atomic E-state index is 10.6. The lowest BCUT2D eigenvalue weighted by molar-refractivity contribution is -0.00487. The molecule has 28 heavy (non-hydrogen) atoms. The topological polar surface area (TPSA) is 63.2 Å². The van der Waals surface area contributed by atoms with Crippen LogP contribution in [-0.2, 0) is 18.9 Å². The van der Waals surface area contributed by atoms with Gasteiger partial charge in [-0.1, -0.05) is 32.6 Å². The predicted octanol–water partition coefficient (Wildman–Crippen LogP) is 3.91. The molecular weight excluding hydrogens is 360 g/mol. The normalized spacial score (nSPS) is 10.9. The van der Waals surface area contributed by atoms with E-state index in [4.69, 9.17) is 23.7 Å². The van der Waals surface area contributed by atoms with Crippen LogP contribution in [0.4, 0.5) is 0 Å². The SMILES string of the molecule is CCCCCCCOCCOCCOCCOCCOc1ccc(C=O)cc1. The van der Waals surface area contributed by atoms with E-state index in [1.165, 1.54) is 25.7 Å². The Bertz CT molecular complexity index is 463. The van der Waals surface area contributed by atoms with Crippen molar-refractivity contribution in [2.24, 2.45) is 0 Å². The van der Waals surface area contributed by atoms with Crippen LogP contribution in [0.25, 0.3) is 0 Å². The highest BCUT2D eigenvalue weighted by atomic mass is 16.6. The van der Waals surface area contributed by atoms with Crippen molar-refractivity contribution in [1.29, 1.82) is 0 Å². The van der Waals surface area contributed by atoms with E-state index < -0.39 is 0 Å². The Morgan fingerprint density at radius 1 is 0.643 bits per heavy atom. The van der Waals surface area contributed by atoms with E-state index in [9.17, 15) is 4.79 Å². The number of unbranched alkanes of at least 4 members (excludes halogenated alkanes) is 4. The summed E-state index contributed by atoms with van der Waals surface area (Å²) in [5.41, 5.74) is 0.634. The molecule has 0 aliphatic rings. The van der Waals surface area contributed by atoms with Crippen molar-refractivity contribution in [3.63, 3.8) is 0 Å². The first-order chi connectivity index (χ1) is 13.9. The van der Waals surface area contributed by atoms with E-state index in [1.54, 1.807) is 24.3 Å². The number of hydrogen-bond donors (Lipinski definition) is 0. The van der Waals surface area contributed by atoms with Gasteiger partial charge in [-0.15, -0.1) is 0 Å². The zero-order chi connectivity index (χ0) is 20.1. The molecule has 0 fully saturated rings. The number of benzene rings is 1.